The molecule has 0 aromatic heterocycles. The van der Waals surface area contributed by atoms with Gasteiger partial charge in [-0.3, -0.25) is 0 Å². The van der Waals surface area contributed by atoms with Crippen LogP contribution in [0, 0.1) is 0 Å². The molecule has 7 rings (SSSR count). The fourth-order valence-corrected chi connectivity index (χ4v) is 8.66. The van der Waals surface area contributed by atoms with Gasteiger partial charge in [0.25, 0.3) is 0 Å². The van der Waals surface area contributed by atoms with E-state index in [0.717, 1.165) is 130 Å². The summed E-state index contributed by atoms with van der Waals surface area (Å²) < 4.78 is 74.8. The summed E-state index contributed by atoms with van der Waals surface area (Å²) in [5.74, 6) is 4.11. The lowest BCUT2D eigenvalue weighted by atomic mass is 9.79. The van der Waals surface area contributed by atoms with E-state index in [9.17, 15) is 0 Å². The maximum absolute atomic E-state index is 6.03. The lowest BCUT2D eigenvalue weighted by Gasteiger charge is -2.32. The number of hydrogen-bond acceptors (Lipinski definition) is 13. The number of benzene rings is 5. The first-order valence-electron chi connectivity index (χ1n) is 26.6. The summed E-state index contributed by atoms with van der Waals surface area (Å²) >= 11 is 6.75. The van der Waals surface area contributed by atoms with Crippen LogP contribution in [0.25, 0.3) is 22.3 Å². The van der Waals surface area contributed by atoms with Gasteiger partial charge in [-0.1, -0.05) is 94.9 Å². The van der Waals surface area contributed by atoms with E-state index in [-0.39, 0.29) is 38.2 Å². The van der Waals surface area contributed by atoms with Crippen LogP contribution in [-0.4, -0.2) is 112 Å². The van der Waals surface area contributed by atoms with Crippen molar-refractivity contribution in [3.8, 4) is 51.0 Å². The van der Waals surface area contributed by atoms with Crippen molar-refractivity contribution in [1.29, 1.82) is 0 Å². The summed E-state index contributed by atoms with van der Waals surface area (Å²) in [5.41, 5.74) is 4.69. The van der Waals surface area contributed by atoms with Crippen LogP contribution < -0.4 is 29.1 Å². The minimum absolute atomic E-state index is 0.0540. The predicted molar refractivity (Wildman–Crippen MR) is 308 cm³/mol. The average molecular weight is 1180 g/mol. The molecule has 0 amide bonds. The molecule has 2 aliphatic heterocycles. The highest BCUT2D eigenvalue weighted by Crippen LogP contribution is 2.37. The Kier molecular flexibility index (Phi) is 28.5. The van der Waals surface area contributed by atoms with Crippen LogP contribution in [0.4, 0.5) is 0 Å². The number of unbranched alkanes of at least 4 members (excludes halogenated alkanes) is 2. The second kappa shape index (κ2) is 34.6. The van der Waals surface area contributed by atoms with Crippen LogP contribution >= 0.6 is 31.9 Å². The van der Waals surface area contributed by atoms with Gasteiger partial charge in [-0.05, 0) is 160 Å². The van der Waals surface area contributed by atoms with Gasteiger partial charge in [-0.2, -0.15) is 0 Å². The Bertz CT molecular complexity index is 2310. The second-order valence-electron chi connectivity index (χ2n) is 19.2. The summed E-state index contributed by atoms with van der Waals surface area (Å²) in [6.07, 6.45) is 8.43. The van der Waals surface area contributed by atoms with E-state index in [1.807, 2.05) is 78.9 Å². The van der Waals surface area contributed by atoms with E-state index in [1.165, 1.54) is 6.42 Å². The molecule has 1 atom stereocenters. The zero-order valence-electron chi connectivity index (χ0n) is 46.0. The van der Waals surface area contributed by atoms with E-state index in [1.54, 1.807) is 14.2 Å². The molecule has 2 fully saturated rings. The predicted octanol–water partition coefficient (Wildman–Crippen LogP) is 13.9. The molecule has 5 aromatic rings. The van der Waals surface area contributed by atoms with Crippen molar-refractivity contribution in [2.75, 3.05) is 87.3 Å². The maximum atomic E-state index is 6.03. The molecule has 2 heterocycles. The number of ether oxygens (including phenoxy) is 11. The van der Waals surface area contributed by atoms with Gasteiger partial charge in [-0.25, -0.2) is 0 Å². The molecule has 16 heteroatoms. The summed E-state index contributed by atoms with van der Waals surface area (Å²) in [4.78, 5) is 0. The average Bonchev–Trinajstić information content (AvgIpc) is 3.65. The normalized spacial score (nSPS) is 15.4. The standard InChI is InChI=1S/C34H44O7.C16H25BO3.C10H12Br2O3/c1-3-4-17-37-31-13-9-27(10-14-31)29-23-30(25-33(24-29)41-26-36-22-21-35-2)28-11-15-32(16-12-28)38-19-7-20-40-34-8-5-6-18-39-34;1-6-7-12-18-14-10-8-13(9-11-14)17-19-15(2,3)16(4,5)20-17;1-13-2-3-14-7-15-10-5-8(11)4-9(12)6-10/h9-16,23-25,34H,3-8,17-22,26H2,1-2H3;8-11H,6-7,12H2,1-5H3;4-6H,2-3,7H2,1H3. The van der Waals surface area contributed by atoms with E-state index < -0.39 is 0 Å². The first kappa shape index (κ1) is 62.6. The highest BCUT2D eigenvalue weighted by Gasteiger charge is 2.51. The SMILES string of the molecule is CCCCOc1ccc(-c2cc(OCOCCOC)cc(-c3ccc(OCCCOC4CCCCO4)cc3)c2)cc1.CCCCOc1ccc(B2OC(C)(C)C(C)(C)O2)cc1.COCCOCOc1cc(Br)cc(Br)c1. The third-order valence-electron chi connectivity index (χ3n) is 12.5. The number of hydrogen-bond donors (Lipinski definition) is 0. The molecule has 5 aromatic carbocycles. The van der Waals surface area contributed by atoms with Crippen LogP contribution in [-0.2, 0) is 37.7 Å². The Morgan fingerprint density at radius 3 is 1.39 bits per heavy atom. The molecule has 0 bridgehead atoms. The first-order chi connectivity index (χ1) is 36.8. The second-order valence-corrected chi connectivity index (χ2v) is 21.0. The van der Waals surface area contributed by atoms with Crippen LogP contribution in [0.1, 0.15) is 92.9 Å². The molecule has 1 unspecified atom stereocenters. The van der Waals surface area contributed by atoms with Crippen LogP contribution in [0.3, 0.4) is 0 Å². The Hall–Kier alpha value is -4.20. The molecular formula is C60H81BBr2O13. The molecule has 0 radical (unpaired) electrons. The highest BCUT2D eigenvalue weighted by atomic mass is 79.9. The van der Waals surface area contributed by atoms with E-state index in [0.29, 0.717) is 39.6 Å². The Morgan fingerprint density at radius 2 is 0.947 bits per heavy atom. The maximum Gasteiger partial charge on any atom is 0.494 e. The smallest absolute Gasteiger partial charge is 0.494 e. The minimum Gasteiger partial charge on any atom is -0.494 e. The lowest BCUT2D eigenvalue weighted by Crippen LogP contribution is -2.41. The summed E-state index contributed by atoms with van der Waals surface area (Å²) in [5, 5.41) is 0. The van der Waals surface area contributed by atoms with Crippen molar-refractivity contribution < 1.29 is 61.4 Å². The van der Waals surface area contributed by atoms with Gasteiger partial charge in [0.2, 0.25) is 0 Å². The van der Waals surface area contributed by atoms with Gasteiger partial charge in [0.15, 0.2) is 19.9 Å². The molecule has 416 valence electrons. The Balaban J connectivity index is 0.000000250. The molecule has 0 spiro atoms. The number of rotatable bonds is 29. The molecule has 0 aliphatic carbocycles. The molecule has 13 nitrogen and oxygen atoms in total. The van der Waals surface area contributed by atoms with Crippen molar-refractivity contribution in [2.24, 2.45) is 0 Å². The lowest BCUT2D eigenvalue weighted by molar-refractivity contribution is -0.163. The zero-order valence-corrected chi connectivity index (χ0v) is 49.2. The van der Waals surface area contributed by atoms with Gasteiger partial charge < -0.3 is 61.4 Å². The van der Waals surface area contributed by atoms with E-state index >= 15 is 0 Å². The van der Waals surface area contributed by atoms with Crippen molar-refractivity contribution in [2.45, 2.75) is 110 Å². The fourth-order valence-electron chi connectivity index (χ4n) is 7.41. The highest BCUT2D eigenvalue weighted by molar-refractivity contribution is 9.11. The Morgan fingerprint density at radius 1 is 0.487 bits per heavy atom. The molecular weight excluding hydrogens is 1100 g/mol. The molecule has 2 saturated heterocycles. The van der Waals surface area contributed by atoms with Gasteiger partial charge in [0.1, 0.15) is 28.7 Å². The van der Waals surface area contributed by atoms with Crippen LogP contribution in [0.2, 0.25) is 0 Å². The quantitative estimate of drug-likeness (QED) is 0.0257. The number of methoxy groups -OCH3 is 2. The van der Waals surface area contributed by atoms with Gasteiger partial charge in [0, 0.05) is 36.2 Å². The van der Waals surface area contributed by atoms with Gasteiger partial charge >= 0.3 is 7.12 Å². The van der Waals surface area contributed by atoms with Crippen molar-refractivity contribution in [3.05, 3.63) is 118 Å². The van der Waals surface area contributed by atoms with E-state index in [4.69, 9.17) is 61.4 Å². The van der Waals surface area contributed by atoms with Gasteiger partial charge in [-0.15, -0.1) is 0 Å². The van der Waals surface area contributed by atoms with Crippen molar-refractivity contribution in [3.63, 3.8) is 0 Å². The molecule has 76 heavy (non-hydrogen) atoms. The molecule has 2 aliphatic rings. The molecule has 0 N–H and O–H groups in total. The summed E-state index contributed by atoms with van der Waals surface area (Å²) in [7, 11) is 2.98. The van der Waals surface area contributed by atoms with E-state index in [2.05, 4.69) is 104 Å². The fraction of sp³-hybridized carbons (Fsp3) is 0.500. The largest absolute Gasteiger partial charge is 0.494 e. The number of halogens is 2. The topological polar surface area (TPSA) is 120 Å². The van der Waals surface area contributed by atoms with Gasteiger partial charge in [0.05, 0.1) is 64.1 Å². The first-order valence-corrected chi connectivity index (χ1v) is 28.2. The van der Waals surface area contributed by atoms with Crippen molar-refractivity contribution >= 4 is 44.4 Å². The Labute approximate surface area is 470 Å². The summed E-state index contributed by atoms with van der Waals surface area (Å²) in [6.45, 7) is 18.6. The van der Waals surface area contributed by atoms with Crippen LogP contribution in [0.15, 0.2) is 118 Å². The van der Waals surface area contributed by atoms with Crippen LogP contribution in [0.5, 0.6) is 28.7 Å². The summed E-state index contributed by atoms with van der Waals surface area (Å²) in [6, 6.07) is 36.3. The third-order valence-corrected chi connectivity index (χ3v) is 13.5. The monoisotopic (exact) mass is 1180 g/mol. The van der Waals surface area contributed by atoms with Crippen molar-refractivity contribution in [1.82, 2.24) is 0 Å². The minimum atomic E-state index is -0.301. The third kappa shape index (κ3) is 22.6. The zero-order chi connectivity index (χ0) is 54.4. The molecule has 0 saturated carbocycles.